The second-order valence-electron chi connectivity index (χ2n) is 8.15. The number of aryl methyl sites for hydroxylation is 1. The molecule has 3 aromatic rings. The lowest BCUT2D eigenvalue weighted by molar-refractivity contribution is -0.118. The van der Waals surface area contributed by atoms with Crippen LogP contribution in [0.1, 0.15) is 21.5 Å². The molecular weight excluding hydrogens is 491 g/mol. The lowest BCUT2D eigenvalue weighted by atomic mass is 10.0. The number of nitrogens with zero attached hydrogens (tertiary/aromatic N) is 1. The fourth-order valence-corrected chi connectivity index (χ4v) is 5.03. The minimum Gasteiger partial charge on any atom is -0.483 e. The Hall–Kier alpha value is -3.23. The topological polar surface area (TPSA) is 75.7 Å². The molecule has 0 saturated carbocycles. The smallest absolute Gasteiger partial charge is 0.262 e. The summed E-state index contributed by atoms with van der Waals surface area (Å²) in [6.45, 7) is 3.05. The van der Waals surface area contributed by atoms with E-state index in [9.17, 15) is 18.2 Å². The highest BCUT2D eigenvalue weighted by Gasteiger charge is 2.18. The highest BCUT2D eigenvalue weighted by Crippen LogP contribution is 2.27. The van der Waals surface area contributed by atoms with Gasteiger partial charge in [-0.05, 0) is 61.0 Å². The Morgan fingerprint density at radius 1 is 1.09 bits per heavy atom. The fourth-order valence-electron chi connectivity index (χ4n) is 3.80. The summed E-state index contributed by atoms with van der Waals surface area (Å²) in [5.41, 5.74) is 2.84. The van der Waals surface area contributed by atoms with Gasteiger partial charge in [-0.2, -0.15) is 0 Å². The van der Waals surface area contributed by atoms with Gasteiger partial charge in [0.05, 0.1) is 5.56 Å². The molecular formula is C26H24ClFN2O4S. The number of ether oxygens (including phenoxy) is 1. The number of hydrogen-bond acceptors (Lipinski definition) is 5. The molecule has 0 aromatic heterocycles. The van der Waals surface area contributed by atoms with Crippen molar-refractivity contribution < 1.29 is 22.9 Å². The maximum absolute atomic E-state index is 13.6. The number of rotatable bonds is 7. The normalized spacial score (nSPS) is 14.0. The lowest BCUT2D eigenvalue weighted by Gasteiger charge is -2.29. The molecule has 6 nitrogen and oxygen atoms in total. The monoisotopic (exact) mass is 514 g/mol. The van der Waals surface area contributed by atoms with Gasteiger partial charge in [-0.15, -0.1) is 0 Å². The van der Waals surface area contributed by atoms with Crippen molar-refractivity contribution in [2.45, 2.75) is 6.92 Å². The molecule has 0 unspecified atom stereocenters. The quantitative estimate of drug-likeness (QED) is 0.466. The van der Waals surface area contributed by atoms with E-state index < -0.39 is 28.3 Å². The summed E-state index contributed by atoms with van der Waals surface area (Å²) in [7, 11) is -0.746. The molecule has 3 aromatic carbocycles. The highest BCUT2D eigenvalue weighted by molar-refractivity contribution is 7.85. The molecule has 0 atom stereocenters. The summed E-state index contributed by atoms with van der Waals surface area (Å²) in [4.78, 5) is 27.7. The van der Waals surface area contributed by atoms with E-state index >= 15 is 0 Å². The van der Waals surface area contributed by atoms with E-state index in [1.54, 1.807) is 6.07 Å². The van der Waals surface area contributed by atoms with Crippen molar-refractivity contribution in [2.75, 3.05) is 41.4 Å². The van der Waals surface area contributed by atoms with Gasteiger partial charge in [0.25, 0.3) is 5.91 Å². The van der Waals surface area contributed by atoms with Gasteiger partial charge in [-0.25, -0.2) is 4.39 Å². The molecule has 182 valence electrons. The Labute approximate surface area is 210 Å². The maximum atomic E-state index is 13.6. The van der Waals surface area contributed by atoms with Crippen molar-refractivity contribution in [3.05, 3.63) is 88.2 Å². The summed E-state index contributed by atoms with van der Waals surface area (Å²) in [6, 6.07) is 15.6. The van der Waals surface area contributed by atoms with E-state index in [0.29, 0.717) is 22.2 Å². The van der Waals surface area contributed by atoms with Crippen molar-refractivity contribution in [3.63, 3.8) is 0 Å². The Bertz CT molecular complexity index is 1290. The number of benzene rings is 3. The first-order valence-corrected chi connectivity index (χ1v) is 12.9. The van der Waals surface area contributed by atoms with Crippen LogP contribution in [0.15, 0.2) is 60.7 Å². The standard InChI is InChI=1S/C26H24ClFN2O4S/c1-17-13-21(30-9-11-35(33)12-10-30)6-7-23(17)29-25(31)16-34-24-8-5-19(27)15-22(24)26(32)18-3-2-4-20(28)14-18/h2-8,13-15H,9-12,16H2,1H3,(H,29,31). The van der Waals surface area contributed by atoms with Crippen LogP contribution in [0.2, 0.25) is 5.02 Å². The third kappa shape index (κ3) is 6.26. The van der Waals surface area contributed by atoms with Gasteiger partial charge in [-0.3, -0.25) is 13.8 Å². The molecule has 35 heavy (non-hydrogen) atoms. The third-order valence-corrected chi connectivity index (χ3v) is 7.17. The number of ketones is 1. The zero-order valence-electron chi connectivity index (χ0n) is 19.1. The molecule has 0 spiro atoms. The van der Waals surface area contributed by atoms with Crippen molar-refractivity contribution in [1.82, 2.24) is 0 Å². The van der Waals surface area contributed by atoms with E-state index in [1.807, 2.05) is 25.1 Å². The number of amides is 1. The number of nitrogens with one attached hydrogen (secondary N) is 1. The molecule has 4 rings (SSSR count). The van der Waals surface area contributed by atoms with Crippen LogP contribution in [-0.2, 0) is 15.6 Å². The summed E-state index contributed by atoms with van der Waals surface area (Å²) < 4.78 is 30.8. The second kappa shape index (κ2) is 11.0. The SMILES string of the molecule is Cc1cc(N2CCS(=O)CC2)ccc1NC(=O)COc1ccc(Cl)cc1C(=O)c1cccc(F)c1. The number of halogens is 2. The zero-order valence-corrected chi connectivity index (χ0v) is 20.6. The van der Waals surface area contributed by atoms with Crippen LogP contribution in [0.5, 0.6) is 5.75 Å². The highest BCUT2D eigenvalue weighted by atomic mass is 35.5. The lowest BCUT2D eigenvalue weighted by Crippen LogP contribution is -2.37. The van der Waals surface area contributed by atoms with Crippen molar-refractivity contribution >= 4 is 45.5 Å². The van der Waals surface area contributed by atoms with Crippen LogP contribution >= 0.6 is 11.6 Å². The minimum absolute atomic E-state index is 0.138. The van der Waals surface area contributed by atoms with E-state index in [4.69, 9.17) is 16.3 Å². The van der Waals surface area contributed by atoms with Crippen LogP contribution in [0.3, 0.4) is 0 Å². The van der Waals surface area contributed by atoms with E-state index in [2.05, 4.69) is 10.2 Å². The van der Waals surface area contributed by atoms with Crippen LogP contribution in [0, 0.1) is 12.7 Å². The number of carbonyl (C=O) groups is 2. The first-order valence-electron chi connectivity index (χ1n) is 11.0. The van der Waals surface area contributed by atoms with E-state index in [-0.39, 0.29) is 23.5 Å². The Morgan fingerprint density at radius 3 is 2.57 bits per heavy atom. The molecule has 1 saturated heterocycles. The van der Waals surface area contributed by atoms with Gasteiger partial charge in [0.2, 0.25) is 0 Å². The van der Waals surface area contributed by atoms with Gasteiger partial charge in [0.15, 0.2) is 12.4 Å². The minimum atomic E-state index is -0.746. The maximum Gasteiger partial charge on any atom is 0.262 e. The second-order valence-corrected chi connectivity index (χ2v) is 10.3. The average Bonchev–Trinajstić information content (AvgIpc) is 2.84. The average molecular weight is 515 g/mol. The molecule has 9 heteroatoms. The molecule has 1 amide bonds. The van der Waals surface area contributed by atoms with Gasteiger partial charge in [-0.1, -0.05) is 23.7 Å². The summed E-state index contributed by atoms with van der Waals surface area (Å²) in [5, 5.41) is 3.14. The van der Waals surface area contributed by atoms with Gasteiger partial charge in [0, 0.05) is 57.4 Å². The summed E-state index contributed by atoms with van der Waals surface area (Å²) in [5.74, 6) is 0.0977. The third-order valence-electron chi connectivity index (χ3n) is 5.66. The number of carbonyl (C=O) groups excluding carboxylic acids is 2. The molecule has 1 fully saturated rings. The van der Waals surface area contributed by atoms with Gasteiger partial charge < -0.3 is 15.0 Å². The molecule has 1 N–H and O–H groups in total. The van der Waals surface area contributed by atoms with E-state index in [1.165, 1.54) is 30.3 Å². The predicted molar refractivity (Wildman–Crippen MR) is 137 cm³/mol. The van der Waals surface area contributed by atoms with Crippen LogP contribution < -0.4 is 15.0 Å². The molecule has 1 heterocycles. The molecule has 0 radical (unpaired) electrons. The molecule has 1 aliphatic rings. The number of anilines is 2. The molecule has 1 aliphatic heterocycles. The van der Waals surface area contributed by atoms with Crippen LogP contribution in [0.4, 0.5) is 15.8 Å². The van der Waals surface area contributed by atoms with Crippen molar-refractivity contribution in [2.24, 2.45) is 0 Å². The number of hydrogen-bond donors (Lipinski definition) is 1. The summed E-state index contributed by atoms with van der Waals surface area (Å²) >= 11 is 6.06. The van der Waals surface area contributed by atoms with Crippen molar-refractivity contribution in [3.8, 4) is 5.75 Å². The van der Waals surface area contributed by atoms with Gasteiger partial charge in [0.1, 0.15) is 11.6 Å². The zero-order chi connectivity index (χ0) is 24.9. The largest absolute Gasteiger partial charge is 0.483 e. The Morgan fingerprint density at radius 2 is 1.86 bits per heavy atom. The Kier molecular flexibility index (Phi) is 7.83. The predicted octanol–water partition coefficient (Wildman–Crippen LogP) is 4.60. The van der Waals surface area contributed by atoms with Gasteiger partial charge >= 0.3 is 0 Å². The Balaban J connectivity index is 1.42. The summed E-state index contributed by atoms with van der Waals surface area (Å²) in [6.07, 6.45) is 0. The molecule has 0 aliphatic carbocycles. The van der Waals surface area contributed by atoms with Crippen molar-refractivity contribution in [1.29, 1.82) is 0 Å². The first kappa shape index (κ1) is 24.9. The van der Waals surface area contributed by atoms with Crippen LogP contribution in [-0.4, -0.2) is 47.1 Å². The van der Waals surface area contributed by atoms with Crippen LogP contribution in [0.25, 0.3) is 0 Å². The van der Waals surface area contributed by atoms with E-state index in [0.717, 1.165) is 30.4 Å². The first-order chi connectivity index (χ1) is 16.8. The fraction of sp³-hybridized carbons (Fsp3) is 0.231. The molecule has 0 bridgehead atoms.